The van der Waals surface area contributed by atoms with Crippen LogP contribution in [-0.2, 0) is 0 Å². The zero-order valence-electron chi connectivity index (χ0n) is 27.0. The SMILES string of the molecule is c1ccc2c(-c3nc4ccccc4nc3-n3c4cc(-n5c6ccccc6c6ccccc65)ccc4c4c5ccccc5ccc43)cccc2c1. The largest absolute Gasteiger partial charge is 0.309 e. The highest BCUT2D eigenvalue weighted by atomic mass is 15.1. The summed E-state index contributed by atoms with van der Waals surface area (Å²) in [4.78, 5) is 10.9. The lowest BCUT2D eigenvalue weighted by molar-refractivity contribution is 1.08. The highest BCUT2D eigenvalue weighted by Crippen LogP contribution is 2.41. The van der Waals surface area contributed by atoms with Crippen molar-refractivity contribution in [2.75, 3.05) is 0 Å². The molecule has 0 saturated carbocycles. The fourth-order valence-electron chi connectivity index (χ4n) is 8.10. The van der Waals surface area contributed by atoms with Gasteiger partial charge in [-0.3, -0.25) is 4.57 Å². The smallest absolute Gasteiger partial charge is 0.165 e. The Kier molecular flexibility index (Phi) is 5.63. The Morgan fingerprint density at radius 1 is 0.360 bits per heavy atom. The molecule has 3 heterocycles. The van der Waals surface area contributed by atoms with Crippen LogP contribution in [0.1, 0.15) is 0 Å². The van der Waals surface area contributed by atoms with Crippen LogP contribution in [0.25, 0.3) is 99.0 Å². The predicted octanol–water partition coefficient (Wildman–Crippen LogP) is 11.8. The number of hydrogen-bond acceptors (Lipinski definition) is 2. The van der Waals surface area contributed by atoms with Crippen LogP contribution in [0.2, 0.25) is 0 Å². The maximum Gasteiger partial charge on any atom is 0.165 e. The van der Waals surface area contributed by atoms with Gasteiger partial charge in [-0.25, -0.2) is 9.97 Å². The van der Waals surface area contributed by atoms with Gasteiger partial charge in [0.25, 0.3) is 0 Å². The molecule has 11 rings (SSSR count). The lowest BCUT2D eigenvalue weighted by Gasteiger charge is -2.16. The molecule has 4 nitrogen and oxygen atoms in total. The molecule has 4 heteroatoms. The summed E-state index contributed by atoms with van der Waals surface area (Å²) in [5.41, 5.74) is 9.30. The van der Waals surface area contributed by atoms with E-state index < -0.39 is 0 Å². The molecule has 0 amide bonds. The monoisotopic (exact) mass is 636 g/mol. The molecule has 0 unspecified atom stereocenters. The van der Waals surface area contributed by atoms with E-state index >= 15 is 0 Å². The van der Waals surface area contributed by atoms with E-state index in [2.05, 4.69) is 167 Å². The lowest BCUT2D eigenvalue weighted by Crippen LogP contribution is -2.04. The van der Waals surface area contributed by atoms with Crippen LogP contribution in [-0.4, -0.2) is 19.1 Å². The molecule has 0 aliphatic carbocycles. The zero-order chi connectivity index (χ0) is 32.8. The van der Waals surface area contributed by atoms with Crippen molar-refractivity contribution in [1.29, 1.82) is 0 Å². The Hall–Kier alpha value is -6.78. The Labute approximate surface area is 287 Å². The van der Waals surface area contributed by atoms with Crippen molar-refractivity contribution in [3.8, 4) is 22.8 Å². The molecule has 0 aliphatic rings. The van der Waals surface area contributed by atoms with E-state index in [1.165, 1.54) is 48.7 Å². The summed E-state index contributed by atoms with van der Waals surface area (Å²) in [6.45, 7) is 0. The second kappa shape index (κ2) is 10.4. The van der Waals surface area contributed by atoms with Crippen LogP contribution >= 0.6 is 0 Å². The molecule has 11 aromatic rings. The molecule has 3 aromatic heterocycles. The van der Waals surface area contributed by atoms with Gasteiger partial charge in [-0.05, 0) is 64.0 Å². The van der Waals surface area contributed by atoms with Gasteiger partial charge in [0.2, 0.25) is 0 Å². The van der Waals surface area contributed by atoms with Gasteiger partial charge in [0, 0.05) is 32.8 Å². The van der Waals surface area contributed by atoms with Crippen molar-refractivity contribution in [1.82, 2.24) is 19.1 Å². The number of fused-ring (bicyclic) bond motifs is 10. The Morgan fingerprint density at radius 2 is 0.960 bits per heavy atom. The third-order valence-corrected chi connectivity index (χ3v) is 10.3. The first-order valence-corrected chi connectivity index (χ1v) is 17.0. The van der Waals surface area contributed by atoms with Gasteiger partial charge in [0.05, 0.1) is 33.1 Å². The first kappa shape index (κ1) is 27.2. The summed E-state index contributed by atoms with van der Waals surface area (Å²) in [6, 6.07) is 60.6. The van der Waals surface area contributed by atoms with Crippen LogP contribution < -0.4 is 0 Å². The minimum atomic E-state index is 0.815. The lowest BCUT2D eigenvalue weighted by atomic mass is 10.0. The molecule has 0 N–H and O–H groups in total. The van der Waals surface area contributed by atoms with Crippen molar-refractivity contribution in [3.63, 3.8) is 0 Å². The average molecular weight is 637 g/mol. The Balaban J connectivity index is 1.32. The van der Waals surface area contributed by atoms with E-state index in [9.17, 15) is 0 Å². The third kappa shape index (κ3) is 3.81. The summed E-state index contributed by atoms with van der Waals surface area (Å²) in [5, 5.41) is 9.64. The van der Waals surface area contributed by atoms with Crippen LogP contribution in [0.4, 0.5) is 0 Å². The number of nitrogens with zero attached hydrogens (tertiary/aromatic N) is 4. The van der Waals surface area contributed by atoms with Gasteiger partial charge >= 0.3 is 0 Å². The maximum absolute atomic E-state index is 5.47. The zero-order valence-corrected chi connectivity index (χ0v) is 27.0. The number of para-hydroxylation sites is 4. The summed E-state index contributed by atoms with van der Waals surface area (Å²) in [7, 11) is 0. The molecule has 0 fully saturated rings. The number of rotatable bonds is 3. The fraction of sp³-hybridized carbons (Fsp3) is 0. The molecule has 0 radical (unpaired) electrons. The summed E-state index contributed by atoms with van der Waals surface area (Å²) >= 11 is 0. The highest BCUT2D eigenvalue weighted by molar-refractivity contribution is 6.22. The van der Waals surface area contributed by atoms with E-state index in [-0.39, 0.29) is 0 Å². The minimum absolute atomic E-state index is 0.815. The number of benzene rings is 8. The fourth-order valence-corrected chi connectivity index (χ4v) is 8.10. The van der Waals surface area contributed by atoms with Gasteiger partial charge in [-0.2, -0.15) is 0 Å². The quantitative estimate of drug-likeness (QED) is 0.193. The van der Waals surface area contributed by atoms with Crippen LogP contribution in [0.3, 0.4) is 0 Å². The molecule has 8 aromatic carbocycles. The first-order valence-electron chi connectivity index (χ1n) is 17.0. The minimum Gasteiger partial charge on any atom is -0.309 e. The number of hydrogen-bond donors (Lipinski definition) is 0. The molecule has 0 aliphatic heterocycles. The van der Waals surface area contributed by atoms with Gasteiger partial charge in [-0.1, -0.05) is 127 Å². The average Bonchev–Trinajstić information content (AvgIpc) is 3.70. The molecule has 0 bridgehead atoms. The molecule has 0 atom stereocenters. The molecular formula is C46H28N4. The third-order valence-electron chi connectivity index (χ3n) is 10.3. The maximum atomic E-state index is 5.47. The van der Waals surface area contributed by atoms with Crippen molar-refractivity contribution in [2.24, 2.45) is 0 Å². The first-order chi connectivity index (χ1) is 24.8. The Morgan fingerprint density at radius 3 is 1.72 bits per heavy atom. The molecule has 0 spiro atoms. The van der Waals surface area contributed by atoms with E-state index in [1.807, 2.05) is 12.1 Å². The van der Waals surface area contributed by atoms with Gasteiger partial charge in [0.1, 0.15) is 5.69 Å². The van der Waals surface area contributed by atoms with Crippen molar-refractivity contribution >= 4 is 76.2 Å². The predicted molar refractivity (Wildman–Crippen MR) is 209 cm³/mol. The van der Waals surface area contributed by atoms with Gasteiger partial charge < -0.3 is 4.57 Å². The molecular weight excluding hydrogens is 609 g/mol. The van der Waals surface area contributed by atoms with Crippen molar-refractivity contribution < 1.29 is 0 Å². The van der Waals surface area contributed by atoms with Gasteiger partial charge in [-0.15, -0.1) is 0 Å². The van der Waals surface area contributed by atoms with Crippen LogP contribution in [0, 0.1) is 0 Å². The van der Waals surface area contributed by atoms with E-state index in [1.54, 1.807) is 0 Å². The normalized spacial score (nSPS) is 12.0. The van der Waals surface area contributed by atoms with Crippen molar-refractivity contribution in [2.45, 2.75) is 0 Å². The van der Waals surface area contributed by atoms with Gasteiger partial charge in [0.15, 0.2) is 5.82 Å². The number of aromatic nitrogens is 4. The molecule has 0 saturated heterocycles. The van der Waals surface area contributed by atoms with E-state index in [4.69, 9.17) is 9.97 Å². The van der Waals surface area contributed by atoms with Crippen LogP contribution in [0.5, 0.6) is 0 Å². The van der Waals surface area contributed by atoms with Crippen molar-refractivity contribution in [3.05, 3.63) is 170 Å². The standard InChI is InChI=1S/C46H28N4/c1-3-15-32-29(12-1)14-11-19-36(32)45-46(48-39-21-8-7-20-38(39)47-45)50-42-27-24-30-13-2-4-16-33(30)44(42)37-26-25-31(28-43(37)50)49-40-22-9-5-17-34(40)35-18-6-10-23-41(35)49/h1-28H. The summed E-state index contributed by atoms with van der Waals surface area (Å²) in [5.74, 6) is 0.815. The Bertz CT molecular complexity index is 3110. The van der Waals surface area contributed by atoms with E-state index in [0.29, 0.717) is 0 Å². The summed E-state index contributed by atoms with van der Waals surface area (Å²) in [6.07, 6.45) is 0. The summed E-state index contributed by atoms with van der Waals surface area (Å²) < 4.78 is 4.74. The molecule has 232 valence electrons. The van der Waals surface area contributed by atoms with E-state index in [0.717, 1.165) is 50.2 Å². The second-order valence-electron chi connectivity index (χ2n) is 13.0. The topological polar surface area (TPSA) is 35.6 Å². The second-order valence-corrected chi connectivity index (χ2v) is 13.0. The highest BCUT2D eigenvalue weighted by Gasteiger charge is 2.22. The molecule has 50 heavy (non-hydrogen) atoms. The van der Waals surface area contributed by atoms with Crippen LogP contribution in [0.15, 0.2) is 170 Å².